The molecule has 2 N–H and O–H groups in total. The zero-order chi connectivity index (χ0) is 45.1. The maximum Gasteiger partial charge on any atom is 0.258 e. The predicted molar refractivity (Wildman–Crippen MR) is 271 cm³/mol. The highest BCUT2D eigenvalue weighted by atomic mass is 16.2. The van der Waals surface area contributed by atoms with Crippen LogP contribution in [0.15, 0.2) is 78.9 Å². The Morgan fingerprint density at radius 1 is 0.375 bits per heavy atom. The van der Waals surface area contributed by atoms with E-state index in [9.17, 15) is 9.59 Å². The van der Waals surface area contributed by atoms with Gasteiger partial charge in [0.15, 0.2) is 5.82 Å². The summed E-state index contributed by atoms with van der Waals surface area (Å²) in [5.74, 6) is -0.0579. The summed E-state index contributed by atoms with van der Waals surface area (Å²) in [6, 6.07) is 25.2. The number of benzene rings is 3. The van der Waals surface area contributed by atoms with Crippen LogP contribution >= 0.6 is 0 Å². The lowest BCUT2D eigenvalue weighted by Crippen LogP contribution is -2.19. The van der Waals surface area contributed by atoms with Crippen LogP contribution in [0.2, 0.25) is 0 Å². The summed E-state index contributed by atoms with van der Waals surface area (Å²) in [4.78, 5) is 40.8. The second-order valence-electron chi connectivity index (χ2n) is 18.4. The van der Waals surface area contributed by atoms with Crippen molar-refractivity contribution in [3.63, 3.8) is 0 Å². The molecular weight excluding hydrogens is 787 g/mol. The van der Waals surface area contributed by atoms with Gasteiger partial charge in [-0.2, -0.15) is 15.0 Å². The van der Waals surface area contributed by atoms with E-state index in [-0.39, 0.29) is 23.7 Å². The highest BCUT2D eigenvalue weighted by molar-refractivity contribution is 6.05. The molecule has 3 aromatic carbocycles. The molecule has 0 bridgehead atoms. The third-order valence-corrected chi connectivity index (χ3v) is 12.6. The van der Waals surface area contributed by atoms with Crippen LogP contribution in [0, 0.1) is 0 Å². The molecule has 0 aliphatic rings. The molecule has 0 atom stereocenters. The normalized spacial score (nSPS) is 11.2. The maximum atomic E-state index is 13.6. The van der Waals surface area contributed by atoms with Gasteiger partial charge < -0.3 is 0 Å². The van der Waals surface area contributed by atoms with E-state index in [4.69, 9.17) is 0 Å². The van der Waals surface area contributed by atoms with E-state index in [1.165, 1.54) is 180 Å². The first-order valence-corrected chi connectivity index (χ1v) is 26.2. The molecule has 0 radical (unpaired) electrons. The monoisotopic (exact) mass is 872 g/mol. The molecule has 0 unspecified atom stereocenters. The van der Waals surface area contributed by atoms with Crippen LogP contribution < -0.4 is 10.6 Å². The second kappa shape index (κ2) is 34.0. The topological polar surface area (TPSA) is 96.9 Å². The molecule has 7 heteroatoms. The van der Waals surface area contributed by atoms with Crippen LogP contribution in [0.1, 0.15) is 238 Å². The Kier molecular flexibility index (Phi) is 27.8. The van der Waals surface area contributed by atoms with Crippen molar-refractivity contribution in [1.82, 2.24) is 15.0 Å². The number of aromatic nitrogens is 3. The van der Waals surface area contributed by atoms with Crippen molar-refractivity contribution < 1.29 is 9.59 Å². The molecule has 64 heavy (non-hydrogen) atoms. The summed E-state index contributed by atoms with van der Waals surface area (Å²) >= 11 is 0. The van der Waals surface area contributed by atoms with Gasteiger partial charge in [-0.1, -0.05) is 248 Å². The van der Waals surface area contributed by atoms with Crippen LogP contribution in [0.5, 0.6) is 0 Å². The molecule has 350 valence electrons. The summed E-state index contributed by atoms with van der Waals surface area (Å²) < 4.78 is 0. The number of anilines is 2. The highest BCUT2D eigenvalue weighted by Crippen LogP contribution is 2.21. The van der Waals surface area contributed by atoms with Crippen molar-refractivity contribution >= 4 is 23.7 Å². The van der Waals surface area contributed by atoms with Crippen LogP contribution in [0.25, 0.3) is 11.4 Å². The Morgan fingerprint density at radius 2 is 0.703 bits per heavy atom. The molecule has 0 aliphatic carbocycles. The summed E-state index contributed by atoms with van der Waals surface area (Å²) in [6.45, 7) is 4.56. The van der Waals surface area contributed by atoms with E-state index in [1.54, 1.807) is 0 Å². The number of aryl methyl sites for hydroxylation is 2. The molecular formula is C57H85N5O2. The molecule has 1 heterocycles. The molecule has 0 spiro atoms. The lowest BCUT2D eigenvalue weighted by molar-refractivity contribution is 0.101. The quantitative estimate of drug-likeness (QED) is 0.0440. The Morgan fingerprint density at radius 3 is 1.05 bits per heavy atom. The number of unbranched alkanes of at least 4 members (excludes halogenated alkanes) is 28. The van der Waals surface area contributed by atoms with E-state index in [0.717, 1.165) is 42.4 Å². The molecule has 2 amide bonds. The molecule has 4 rings (SSSR count). The minimum atomic E-state index is -0.299. The number of carbonyl (C=O) groups excluding carboxylic acids is 2. The second-order valence-corrected chi connectivity index (χ2v) is 18.4. The van der Waals surface area contributed by atoms with Crippen molar-refractivity contribution in [3.8, 4) is 11.4 Å². The van der Waals surface area contributed by atoms with Gasteiger partial charge in [-0.15, -0.1) is 0 Å². The van der Waals surface area contributed by atoms with Crippen molar-refractivity contribution in [2.75, 3.05) is 10.6 Å². The van der Waals surface area contributed by atoms with Gasteiger partial charge in [0.05, 0.1) is 0 Å². The van der Waals surface area contributed by atoms with Crippen LogP contribution in [0.3, 0.4) is 0 Å². The Labute approximate surface area is 389 Å². The lowest BCUT2D eigenvalue weighted by Gasteiger charge is -2.11. The van der Waals surface area contributed by atoms with Crippen molar-refractivity contribution in [2.45, 2.75) is 219 Å². The minimum absolute atomic E-state index is 0.0869. The van der Waals surface area contributed by atoms with E-state index >= 15 is 0 Å². The van der Waals surface area contributed by atoms with Gasteiger partial charge in [0.1, 0.15) is 0 Å². The fourth-order valence-electron chi connectivity index (χ4n) is 8.69. The van der Waals surface area contributed by atoms with E-state index in [2.05, 4.69) is 51.6 Å². The molecule has 4 aromatic rings. The average molecular weight is 872 g/mol. The lowest BCUT2D eigenvalue weighted by atomic mass is 10.0. The number of rotatable bonds is 37. The third-order valence-electron chi connectivity index (χ3n) is 12.6. The molecule has 7 nitrogen and oxygen atoms in total. The Bertz CT molecular complexity index is 1720. The van der Waals surface area contributed by atoms with E-state index < -0.39 is 0 Å². The van der Waals surface area contributed by atoms with Gasteiger partial charge >= 0.3 is 0 Å². The van der Waals surface area contributed by atoms with Gasteiger partial charge in [-0.25, -0.2) is 0 Å². The number of nitrogens with zero attached hydrogens (tertiary/aromatic N) is 3. The van der Waals surface area contributed by atoms with Gasteiger partial charge in [0.25, 0.3) is 11.8 Å². The van der Waals surface area contributed by atoms with Gasteiger partial charge in [-0.3, -0.25) is 20.2 Å². The molecule has 0 aliphatic heterocycles. The fraction of sp³-hybridized carbons (Fsp3) is 0.596. The first-order valence-electron chi connectivity index (χ1n) is 26.2. The zero-order valence-corrected chi connectivity index (χ0v) is 40.3. The average Bonchev–Trinajstić information content (AvgIpc) is 3.32. The van der Waals surface area contributed by atoms with Crippen molar-refractivity contribution in [1.29, 1.82) is 0 Å². The summed E-state index contributed by atoms with van der Waals surface area (Å²) in [7, 11) is 0. The smallest absolute Gasteiger partial charge is 0.258 e. The number of hydrogen-bond donors (Lipinski definition) is 2. The maximum absolute atomic E-state index is 13.6. The van der Waals surface area contributed by atoms with E-state index in [0.29, 0.717) is 17.0 Å². The van der Waals surface area contributed by atoms with Crippen molar-refractivity contribution in [3.05, 3.63) is 101 Å². The first kappa shape index (κ1) is 52.2. The number of carbonyl (C=O) groups is 2. The van der Waals surface area contributed by atoms with Gasteiger partial charge in [0, 0.05) is 16.7 Å². The molecule has 0 saturated heterocycles. The van der Waals surface area contributed by atoms with Gasteiger partial charge in [-0.05, 0) is 61.1 Å². The predicted octanol–water partition coefficient (Wildman–Crippen LogP) is 16.9. The molecule has 1 aromatic heterocycles. The number of nitrogens with one attached hydrogen (secondary N) is 2. The highest BCUT2D eigenvalue weighted by Gasteiger charge is 2.16. The van der Waals surface area contributed by atoms with Crippen molar-refractivity contribution in [2.24, 2.45) is 0 Å². The summed E-state index contributed by atoms with van der Waals surface area (Å²) in [6.07, 6.45) is 42.2. The summed E-state index contributed by atoms with van der Waals surface area (Å²) in [5, 5.41) is 5.78. The van der Waals surface area contributed by atoms with E-state index in [1.807, 2.05) is 66.7 Å². The Hall–Kier alpha value is -4.39. The number of hydrogen-bond acceptors (Lipinski definition) is 5. The van der Waals surface area contributed by atoms with Crippen LogP contribution in [-0.2, 0) is 12.8 Å². The Balaban J connectivity index is 1.18. The van der Waals surface area contributed by atoms with Gasteiger partial charge in [0.2, 0.25) is 11.9 Å². The third kappa shape index (κ3) is 23.0. The summed E-state index contributed by atoms with van der Waals surface area (Å²) in [5.41, 5.74) is 4.16. The SMILES string of the molecule is CCCCCCCCCCCCCCCCCc1cccc(C(=O)Nc2nc(NC(=O)c3cccc(CCCCCCCCCCCCCCCCC)c3)nc(-c3ccccc3)n2)c1. The van der Waals surface area contributed by atoms with Crippen LogP contribution in [0.4, 0.5) is 11.9 Å². The molecule has 0 fully saturated rings. The molecule has 0 saturated carbocycles. The minimum Gasteiger partial charge on any atom is -0.290 e. The first-order chi connectivity index (χ1) is 31.6. The fourth-order valence-corrected chi connectivity index (χ4v) is 8.69. The standard InChI is InChI=1S/C57H85N5O2/c1-3-5-7-9-11-13-15-17-19-21-23-25-27-29-32-38-48-40-36-44-51(46-48)54(63)60-56-58-53(50-42-34-31-35-43-50)59-57(62-56)61-55(64)52-45-37-41-49(47-52)39-33-30-28-26-24-22-20-18-16-14-12-10-8-6-4-2/h31,34-37,40-47H,3-30,32-33,38-39H2,1-2H3,(H2,58,59,60,61,62,63,64). The van der Waals surface area contributed by atoms with Crippen LogP contribution in [-0.4, -0.2) is 26.8 Å². The number of amides is 2. The zero-order valence-electron chi connectivity index (χ0n) is 40.3. The largest absolute Gasteiger partial charge is 0.290 e.